The van der Waals surface area contributed by atoms with Crippen LogP contribution in [0.15, 0.2) is 0 Å². The third-order valence-corrected chi connectivity index (χ3v) is 5.01. The van der Waals surface area contributed by atoms with Crippen LogP contribution in [0.25, 0.3) is 0 Å². The lowest BCUT2D eigenvalue weighted by Gasteiger charge is -2.26. The van der Waals surface area contributed by atoms with E-state index in [1.807, 2.05) is 4.90 Å². The Hall–Kier alpha value is -0.500. The minimum atomic E-state index is 0. The molecule has 23 heavy (non-hydrogen) atoms. The van der Waals surface area contributed by atoms with Crippen molar-refractivity contribution in [3.8, 4) is 0 Å². The predicted octanol–water partition coefficient (Wildman–Crippen LogP) is 0.506. The molecule has 0 aliphatic carbocycles. The summed E-state index contributed by atoms with van der Waals surface area (Å²) in [5, 5.41) is 6.33. The van der Waals surface area contributed by atoms with Crippen LogP contribution in [0.3, 0.4) is 0 Å². The molecule has 0 saturated carbocycles. The van der Waals surface area contributed by atoms with Crippen molar-refractivity contribution < 1.29 is 14.3 Å². The van der Waals surface area contributed by atoms with Gasteiger partial charge < -0.3 is 20.3 Å². The van der Waals surface area contributed by atoms with E-state index in [-0.39, 0.29) is 24.2 Å². The van der Waals surface area contributed by atoms with Gasteiger partial charge in [0.15, 0.2) is 0 Å². The van der Waals surface area contributed by atoms with Gasteiger partial charge in [-0.15, -0.1) is 24.2 Å². The van der Waals surface area contributed by atoms with Gasteiger partial charge in [-0.3, -0.25) is 9.59 Å². The van der Waals surface area contributed by atoms with Crippen molar-refractivity contribution in [1.29, 1.82) is 0 Å². The third-order valence-electron chi connectivity index (χ3n) is 4.10. The summed E-state index contributed by atoms with van der Waals surface area (Å²) in [6.45, 7) is 5.50. The minimum absolute atomic E-state index is 0. The second kappa shape index (κ2) is 11.9. The molecule has 0 aromatic carbocycles. The summed E-state index contributed by atoms with van der Waals surface area (Å²) in [6, 6.07) is 0. The Balaban J connectivity index is 0.00000264. The zero-order valence-electron chi connectivity index (χ0n) is 13.6. The average Bonchev–Trinajstić information content (AvgIpc) is 2.56. The Morgan fingerprint density at radius 3 is 2.74 bits per heavy atom. The molecule has 1 unspecified atom stereocenters. The number of carbonyl (C=O) groups is 2. The summed E-state index contributed by atoms with van der Waals surface area (Å²) in [4.78, 5) is 25.5. The molecule has 2 N–H and O–H groups in total. The van der Waals surface area contributed by atoms with Crippen molar-refractivity contribution in [2.24, 2.45) is 5.92 Å². The standard InChI is InChI=1S/C15H27N3O3S.ClH/c19-14(17-5-3-13-2-1-4-16-10-13)11-22-12-15(20)18-6-8-21-9-7-18;/h13,16H,1-12H2,(H,17,19);1H. The van der Waals surface area contributed by atoms with Crippen molar-refractivity contribution >= 4 is 36.0 Å². The van der Waals surface area contributed by atoms with E-state index in [0.717, 1.165) is 26.1 Å². The van der Waals surface area contributed by atoms with Crippen LogP contribution in [0.4, 0.5) is 0 Å². The van der Waals surface area contributed by atoms with E-state index in [9.17, 15) is 9.59 Å². The Morgan fingerprint density at radius 2 is 2.04 bits per heavy atom. The molecule has 2 aliphatic rings. The van der Waals surface area contributed by atoms with E-state index in [1.54, 1.807) is 0 Å². The van der Waals surface area contributed by atoms with Crippen LogP contribution in [0.5, 0.6) is 0 Å². The molecule has 1 atom stereocenters. The molecule has 0 spiro atoms. The number of morpholine rings is 1. The van der Waals surface area contributed by atoms with E-state index >= 15 is 0 Å². The molecule has 2 fully saturated rings. The zero-order chi connectivity index (χ0) is 15.6. The summed E-state index contributed by atoms with van der Waals surface area (Å²) in [5.41, 5.74) is 0. The molecule has 2 aliphatic heterocycles. The van der Waals surface area contributed by atoms with Gasteiger partial charge in [0, 0.05) is 19.6 Å². The fourth-order valence-electron chi connectivity index (χ4n) is 2.77. The van der Waals surface area contributed by atoms with E-state index in [4.69, 9.17) is 4.74 Å². The van der Waals surface area contributed by atoms with Crippen LogP contribution < -0.4 is 10.6 Å². The summed E-state index contributed by atoms with van der Waals surface area (Å²) in [7, 11) is 0. The highest BCUT2D eigenvalue weighted by molar-refractivity contribution is 8.00. The second-order valence-corrected chi connectivity index (χ2v) is 6.82. The first-order valence-electron chi connectivity index (χ1n) is 8.16. The first-order valence-corrected chi connectivity index (χ1v) is 9.32. The maximum Gasteiger partial charge on any atom is 0.232 e. The highest BCUT2D eigenvalue weighted by atomic mass is 35.5. The Kier molecular flexibility index (Phi) is 10.7. The van der Waals surface area contributed by atoms with Crippen LogP contribution in [-0.2, 0) is 14.3 Å². The van der Waals surface area contributed by atoms with E-state index in [1.165, 1.54) is 24.6 Å². The van der Waals surface area contributed by atoms with Gasteiger partial charge >= 0.3 is 0 Å². The predicted molar refractivity (Wildman–Crippen MR) is 95.2 cm³/mol. The monoisotopic (exact) mass is 365 g/mol. The second-order valence-electron chi connectivity index (χ2n) is 5.84. The fraction of sp³-hybridized carbons (Fsp3) is 0.867. The summed E-state index contributed by atoms with van der Waals surface area (Å²) >= 11 is 1.39. The van der Waals surface area contributed by atoms with Crippen molar-refractivity contribution in [3.05, 3.63) is 0 Å². The molecule has 0 aromatic rings. The lowest BCUT2D eigenvalue weighted by atomic mass is 9.96. The van der Waals surface area contributed by atoms with Gasteiger partial charge in [-0.25, -0.2) is 0 Å². The van der Waals surface area contributed by atoms with Crippen molar-refractivity contribution in [2.45, 2.75) is 19.3 Å². The van der Waals surface area contributed by atoms with Crippen LogP contribution in [0.1, 0.15) is 19.3 Å². The van der Waals surface area contributed by atoms with E-state index in [2.05, 4.69) is 10.6 Å². The number of halogens is 1. The van der Waals surface area contributed by atoms with Gasteiger partial charge in [0.05, 0.1) is 24.7 Å². The highest BCUT2D eigenvalue weighted by Gasteiger charge is 2.17. The summed E-state index contributed by atoms with van der Waals surface area (Å²) in [5.74, 6) is 1.56. The van der Waals surface area contributed by atoms with Gasteiger partial charge in [0.25, 0.3) is 0 Å². The van der Waals surface area contributed by atoms with Crippen LogP contribution >= 0.6 is 24.2 Å². The molecule has 8 heteroatoms. The average molecular weight is 366 g/mol. The number of nitrogens with zero attached hydrogens (tertiary/aromatic N) is 1. The molecule has 0 radical (unpaired) electrons. The SMILES string of the molecule is Cl.O=C(CSCC(=O)N1CCOCC1)NCCC1CCCNC1. The Morgan fingerprint density at radius 1 is 1.26 bits per heavy atom. The lowest BCUT2D eigenvalue weighted by Crippen LogP contribution is -2.41. The number of hydrogen-bond donors (Lipinski definition) is 2. The molecule has 0 bridgehead atoms. The largest absolute Gasteiger partial charge is 0.378 e. The number of piperidine rings is 1. The smallest absolute Gasteiger partial charge is 0.232 e. The van der Waals surface area contributed by atoms with Gasteiger partial charge in [0.2, 0.25) is 11.8 Å². The van der Waals surface area contributed by atoms with Crippen molar-refractivity contribution in [3.63, 3.8) is 0 Å². The number of thioether (sulfide) groups is 1. The van der Waals surface area contributed by atoms with Gasteiger partial charge in [-0.2, -0.15) is 0 Å². The Labute approximate surface area is 148 Å². The molecule has 2 amide bonds. The molecule has 2 saturated heterocycles. The third kappa shape index (κ3) is 8.24. The number of nitrogens with one attached hydrogen (secondary N) is 2. The van der Waals surface area contributed by atoms with Crippen LogP contribution in [-0.4, -0.2) is 74.2 Å². The highest BCUT2D eigenvalue weighted by Crippen LogP contribution is 2.13. The normalized spacial score (nSPS) is 21.4. The first kappa shape index (κ1) is 20.5. The number of amides is 2. The molecule has 0 aromatic heterocycles. The Bertz CT molecular complexity index is 362. The fourth-order valence-corrected chi connectivity index (χ4v) is 3.52. The quantitative estimate of drug-likeness (QED) is 0.687. The zero-order valence-corrected chi connectivity index (χ0v) is 15.2. The first-order chi connectivity index (χ1) is 10.8. The van der Waals surface area contributed by atoms with Crippen LogP contribution in [0, 0.1) is 5.92 Å². The topological polar surface area (TPSA) is 70.7 Å². The summed E-state index contributed by atoms with van der Waals surface area (Å²) in [6.07, 6.45) is 3.53. The number of hydrogen-bond acceptors (Lipinski definition) is 5. The van der Waals surface area contributed by atoms with Gasteiger partial charge in [0.1, 0.15) is 0 Å². The molecule has 2 heterocycles. The summed E-state index contributed by atoms with van der Waals surface area (Å²) < 4.78 is 5.22. The lowest BCUT2D eigenvalue weighted by molar-refractivity contribution is -0.132. The van der Waals surface area contributed by atoms with E-state index < -0.39 is 0 Å². The minimum Gasteiger partial charge on any atom is -0.378 e. The van der Waals surface area contributed by atoms with Gasteiger partial charge in [-0.1, -0.05) is 0 Å². The maximum atomic E-state index is 11.9. The maximum absolute atomic E-state index is 11.9. The number of ether oxygens (including phenoxy) is 1. The molecular weight excluding hydrogens is 338 g/mol. The number of rotatable bonds is 7. The molecular formula is C15H28ClN3O3S. The number of carbonyl (C=O) groups excluding carboxylic acids is 2. The molecule has 2 rings (SSSR count). The molecule has 134 valence electrons. The van der Waals surface area contributed by atoms with Crippen molar-refractivity contribution in [2.75, 3.05) is 57.4 Å². The molecule has 6 nitrogen and oxygen atoms in total. The van der Waals surface area contributed by atoms with Gasteiger partial charge in [-0.05, 0) is 38.3 Å². The van der Waals surface area contributed by atoms with Crippen molar-refractivity contribution in [1.82, 2.24) is 15.5 Å². The van der Waals surface area contributed by atoms with Crippen LogP contribution in [0.2, 0.25) is 0 Å². The van der Waals surface area contributed by atoms with E-state index in [0.29, 0.717) is 43.7 Å².